The van der Waals surface area contributed by atoms with E-state index in [0.717, 1.165) is 11.1 Å². The maximum Gasteiger partial charge on any atom is 0.407 e. The number of nitrogens with one attached hydrogen (secondary N) is 1. The Balaban J connectivity index is 1.31. The first-order valence-corrected chi connectivity index (χ1v) is 11.6. The molecule has 0 aliphatic heterocycles. The van der Waals surface area contributed by atoms with Gasteiger partial charge < -0.3 is 20.1 Å². The molecule has 2 amide bonds. The van der Waals surface area contributed by atoms with Crippen LogP contribution in [0.3, 0.4) is 0 Å². The number of ether oxygens (including phenoxy) is 1. The van der Waals surface area contributed by atoms with Gasteiger partial charge in [0, 0.05) is 24.4 Å². The number of rotatable bonds is 8. The molecule has 174 valence electrons. The Kier molecular flexibility index (Phi) is 6.96. The number of benzene rings is 2. The van der Waals surface area contributed by atoms with Crippen LogP contribution in [0.4, 0.5) is 4.79 Å². The van der Waals surface area contributed by atoms with Gasteiger partial charge in [0.25, 0.3) is 0 Å². The maximum absolute atomic E-state index is 12.8. The highest BCUT2D eigenvalue weighted by atomic mass is 16.5. The summed E-state index contributed by atoms with van der Waals surface area (Å²) < 4.78 is 5.61. The molecule has 0 unspecified atom stereocenters. The molecule has 2 N–H and O–H groups in total. The van der Waals surface area contributed by atoms with Crippen molar-refractivity contribution in [2.45, 2.75) is 44.6 Å². The molecule has 0 aromatic heterocycles. The smallest absolute Gasteiger partial charge is 0.407 e. The highest BCUT2D eigenvalue weighted by Crippen LogP contribution is 2.44. The van der Waals surface area contributed by atoms with Gasteiger partial charge in [0.2, 0.25) is 5.91 Å². The monoisotopic (exact) mass is 450 g/mol. The molecular formula is C26H30N2O5. The largest absolute Gasteiger partial charge is 0.480 e. The van der Waals surface area contributed by atoms with Crippen LogP contribution in [0.15, 0.2) is 48.5 Å². The number of carbonyl (C=O) groups excluding carboxylic acids is 2. The zero-order valence-corrected chi connectivity index (χ0v) is 18.8. The van der Waals surface area contributed by atoms with E-state index in [-0.39, 0.29) is 36.9 Å². The minimum atomic E-state index is -1.01. The van der Waals surface area contributed by atoms with E-state index < -0.39 is 12.1 Å². The Bertz CT molecular complexity index is 991. The van der Waals surface area contributed by atoms with E-state index in [9.17, 15) is 14.4 Å². The van der Waals surface area contributed by atoms with Crippen molar-refractivity contribution < 1.29 is 24.2 Å². The van der Waals surface area contributed by atoms with Crippen molar-refractivity contribution in [3.63, 3.8) is 0 Å². The van der Waals surface area contributed by atoms with Crippen LogP contribution in [0, 0.1) is 5.92 Å². The maximum atomic E-state index is 12.8. The Hall–Kier alpha value is -3.35. The molecule has 33 heavy (non-hydrogen) atoms. The Morgan fingerprint density at radius 3 is 2.27 bits per heavy atom. The SMILES string of the molecule is CCCN(CC(=O)O)C(=O)[C@H]1CC[C@@H](NC(=O)OCC2c3ccccc3-c3ccccc32)C1. The first kappa shape index (κ1) is 22.8. The molecule has 1 fully saturated rings. The minimum Gasteiger partial charge on any atom is -0.480 e. The average molecular weight is 451 g/mol. The number of carbonyl (C=O) groups is 3. The number of amides is 2. The van der Waals surface area contributed by atoms with Crippen LogP contribution >= 0.6 is 0 Å². The highest BCUT2D eigenvalue weighted by molar-refractivity contribution is 5.83. The number of fused-ring (bicyclic) bond motifs is 3. The fourth-order valence-corrected chi connectivity index (χ4v) is 5.10. The molecule has 2 aromatic carbocycles. The third kappa shape index (κ3) is 5.02. The lowest BCUT2D eigenvalue weighted by Gasteiger charge is -2.23. The lowest BCUT2D eigenvalue weighted by Crippen LogP contribution is -2.40. The van der Waals surface area contributed by atoms with Crippen molar-refractivity contribution in [1.29, 1.82) is 0 Å². The summed E-state index contributed by atoms with van der Waals surface area (Å²) in [6.07, 6.45) is 2.03. The quantitative estimate of drug-likeness (QED) is 0.633. The van der Waals surface area contributed by atoms with Crippen LogP contribution < -0.4 is 5.32 Å². The van der Waals surface area contributed by atoms with Crippen LogP contribution in [0.5, 0.6) is 0 Å². The molecule has 0 spiro atoms. The van der Waals surface area contributed by atoms with Crippen LogP contribution in [-0.2, 0) is 14.3 Å². The van der Waals surface area contributed by atoms with Gasteiger partial charge in [-0.25, -0.2) is 4.79 Å². The molecule has 0 heterocycles. The lowest BCUT2D eigenvalue weighted by molar-refractivity contribution is -0.146. The van der Waals surface area contributed by atoms with E-state index in [2.05, 4.69) is 29.6 Å². The summed E-state index contributed by atoms with van der Waals surface area (Å²) in [6.45, 7) is 2.30. The van der Waals surface area contributed by atoms with Gasteiger partial charge in [-0.1, -0.05) is 55.5 Å². The minimum absolute atomic E-state index is 0.000301. The molecule has 0 saturated heterocycles. The van der Waals surface area contributed by atoms with Crippen molar-refractivity contribution >= 4 is 18.0 Å². The number of hydrogen-bond donors (Lipinski definition) is 2. The van der Waals surface area contributed by atoms with E-state index in [0.29, 0.717) is 32.2 Å². The van der Waals surface area contributed by atoms with Gasteiger partial charge in [-0.3, -0.25) is 9.59 Å². The van der Waals surface area contributed by atoms with Crippen molar-refractivity contribution in [2.24, 2.45) is 5.92 Å². The van der Waals surface area contributed by atoms with Gasteiger partial charge in [0.05, 0.1) is 0 Å². The number of carboxylic acid groups (broad SMARTS) is 1. The van der Waals surface area contributed by atoms with Gasteiger partial charge >= 0.3 is 12.1 Å². The lowest BCUT2D eigenvalue weighted by atomic mass is 9.98. The molecule has 0 radical (unpaired) electrons. The molecule has 4 rings (SSSR count). The topological polar surface area (TPSA) is 95.9 Å². The first-order valence-electron chi connectivity index (χ1n) is 11.6. The second-order valence-corrected chi connectivity index (χ2v) is 8.83. The van der Waals surface area contributed by atoms with Gasteiger partial charge in [0.15, 0.2) is 0 Å². The predicted octanol–water partition coefficient (Wildman–Crippen LogP) is 4.02. The number of aliphatic carboxylic acids is 1. The number of hydrogen-bond acceptors (Lipinski definition) is 4. The fourth-order valence-electron chi connectivity index (χ4n) is 5.10. The summed E-state index contributed by atoms with van der Waals surface area (Å²) in [4.78, 5) is 37.8. The normalized spacial score (nSPS) is 18.9. The molecule has 2 aromatic rings. The van der Waals surface area contributed by atoms with Gasteiger partial charge in [-0.05, 0) is 47.9 Å². The van der Waals surface area contributed by atoms with Crippen LogP contribution in [0.25, 0.3) is 11.1 Å². The van der Waals surface area contributed by atoms with E-state index in [1.165, 1.54) is 16.0 Å². The Morgan fingerprint density at radius 1 is 1.03 bits per heavy atom. The Labute approximate surface area is 193 Å². The van der Waals surface area contributed by atoms with E-state index in [1.54, 1.807) is 0 Å². The molecule has 1 saturated carbocycles. The van der Waals surface area contributed by atoms with Crippen molar-refractivity contribution in [2.75, 3.05) is 19.7 Å². The molecule has 0 bridgehead atoms. The van der Waals surface area contributed by atoms with Crippen molar-refractivity contribution in [1.82, 2.24) is 10.2 Å². The second-order valence-electron chi connectivity index (χ2n) is 8.83. The van der Waals surface area contributed by atoms with Gasteiger partial charge in [0.1, 0.15) is 13.2 Å². The summed E-state index contributed by atoms with van der Waals surface area (Å²) in [6, 6.07) is 16.2. The van der Waals surface area contributed by atoms with E-state index in [4.69, 9.17) is 9.84 Å². The molecule has 2 aliphatic rings. The predicted molar refractivity (Wildman–Crippen MR) is 124 cm³/mol. The highest BCUT2D eigenvalue weighted by Gasteiger charge is 2.34. The van der Waals surface area contributed by atoms with Crippen molar-refractivity contribution in [3.05, 3.63) is 59.7 Å². The van der Waals surface area contributed by atoms with Crippen molar-refractivity contribution in [3.8, 4) is 11.1 Å². The molecule has 7 heteroatoms. The fraction of sp³-hybridized carbons (Fsp3) is 0.423. The molecular weight excluding hydrogens is 420 g/mol. The zero-order valence-electron chi connectivity index (χ0n) is 18.8. The summed E-state index contributed by atoms with van der Waals surface area (Å²) >= 11 is 0. The summed E-state index contributed by atoms with van der Waals surface area (Å²) in [7, 11) is 0. The summed E-state index contributed by atoms with van der Waals surface area (Å²) in [5.74, 6) is -1.42. The summed E-state index contributed by atoms with van der Waals surface area (Å²) in [5.41, 5.74) is 4.68. The van der Waals surface area contributed by atoms with Crippen LogP contribution in [-0.4, -0.2) is 53.7 Å². The zero-order chi connectivity index (χ0) is 23.4. The molecule has 2 aliphatic carbocycles. The van der Waals surface area contributed by atoms with E-state index >= 15 is 0 Å². The van der Waals surface area contributed by atoms with Gasteiger partial charge in [-0.15, -0.1) is 0 Å². The second kappa shape index (κ2) is 10.1. The third-order valence-corrected chi connectivity index (χ3v) is 6.58. The number of nitrogens with zero attached hydrogens (tertiary/aromatic N) is 1. The first-order chi connectivity index (χ1) is 16.0. The molecule has 2 atom stereocenters. The average Bonchev–Trinajstić information content (AvgIpc) is 3.39. The Morgan fingerprint density at radius 2 is 1.67 bits per heavy atom. The van der Waals surface area contributed by atoms with E-state index in [1.807, 2.05) is 31.2 Å². The van der Waals surface area contributed by atoms with Crippen LogP contribution in [0.1, 0.15) is 49.7 Å². The number of carboxylic acids is 1. The third-order valence-electron chi connectivity index (χ3n) is 6.58. The number of alkyl carbamates (subject to hydrolysis) is 1. The van der Waals surface area contributed by atoms with Gasteiger partial charge in [-0.2, -0.15) is 0 Å². The van der Waals surface area contributed by atoms with Crippen LogP contribution in [0.2, 0.25) is 0 Å². The standard InChI is InChI=1S/C26H30N2O5/c1-2-13-28(15-24(29)30)25(31)17-11-12-18(14-17)27-26(32)33-16-23-21-9-5-3-7-19(21)20-8-4-6-10-22(20)23/h3-10,17-18,23H,2,11-16H2,1H3,(H,27,32)(H,29,30)/t17-,18+/m0/s1. The molecule has 7 nitrogen and oxygen atoms in total. The summed E-state index contributed by atoms with van der Waals surface area (Å²) in [5, 5.41) is 12.0.